The van der Waals surface area contributed by atoms with Crippen LogP contribution >= 0.6 is 31.9 Å². The Morgan fingerprint density at radius 2 is 1.95 bits per heavy atom. The number of rotatable bonds is 5. The van der Waals surface area contributed by atoms with Gasteiger partial charge in [0.2, 0.25) is 0 Å². The molecule has 0 saturated heterocycles. The third-order valence-corrected chi connectivity index (χ3v) is 4.86. The van der Waals surface area contributed by atoms with E-state index in [0.717, 1.165) is 33.3 Å². The van der Waals surface area contributed by atoms with Crippen LogP contribution in [0.25, 0.3) is 0 Å². The molecule has 0 N–H and O–H groups in total. The first-order chi connectivity index (χ1) is 10.0. The molecule has 0 aliphatic rings. The predicted octanol–water partition coefficient (Wildman–Crippen LogP) is 6.17. The van der Waals surface area contributed by atoms with E-state index in [1.54, 1.807) is 6.07 Å². The summed E-state index contributed by atoms with van der Waals surface area (Å²) in [5, 5.41) is 0. The highest BCUT2D eigenvalue weighted by molar-refractivity contribution is 9.10. The van der Waals surface area contributed by atoms with Crippen LogP contribution in [-0.2, 0) is 0 Å². The lowest BCUT2D eigenvalue weighted by molar-refractivity contribution is 0.315. The van der Waals surface area contributed by atoms with Gasteiger partial charge < -0.3 is 4.74 Å². The van der Waals surface area contributed by atoms with Crippen molar-refractivity contribution in [2.24, 2.45) is 0 Å². The van der Waals surface area contributed by atoms with Gasteiger partial charge in [-0.3, -0.25) is 0 Å². The first kappa shape index (κ1) is 16.5. The highest BCUT2D eigenvalue weighted by Crippen LogP contribution is 2.36. The van der Waals surface area contributed by atoms with Crippen molar-refractivity contribution in [3.8, 4) is 5.75 Å². The average Bonchev–Trinajstić information content (AvgIpc) is 2.45. The standard InChI is InChI=1S/C17H17Br2FO/c1-3-8-21-16-7-4-12(10-15(16)18)17(19)14-6-5-13(20)9-11(14)2/h4-7,9-10,17H,3,8H2,1-2H3. The minimum Gasteiger partial charge on any atom is -0.492 e. The Balaban J connectivity index is 2.27. The molecule has 0 aromatic heterocycles. The van der Waals surface area contributed by atoms with Crippen molar-refractivity contribution in [1.29, 1.82) is 0 Å². The zero-order valence-corrected chi connectivity index (χ0v) is 15.2. The van der Waals surface area contributed by atoms with Crippen LogP contribution in [0.2, 0.25) is 0 Å². The summed E-state index contributed by atoms with van der Waals surface area (Å²) in [6.45, 7) is 4.70. The number of aryl methyl sites for hydroxylation is 1. The van der Waals surface area contributed by atoms with E-state index in [1.807, 2.05) is 31.2 Å². The van der Waals surface area contributed by atoms with Crippen molar-refractivity contribution < 1.29 is 9.13 Å². The first-order valence-electron chi connectivity index (χ1n) is 6.85. The Morgan fingerprint density at radius 3 is 2.57 bits per heavy atom. The summed E-state index contributed by atoms with van der Waals surface area (Å²) < 4.78 is 19.8. The number of benzene rings is 2. The predicted molar refractivity (Wildman–Crippen MR) is 91.8 cm³/mol. The fourth-order valence-corrected chi connectivity index (χ4v) is 3.42. The second-order valence-electron chi connectivity index (χ2n) is 4.90. The van der Waals surface area contributed by atoms with Gasteiger partial charge in [-0.25, -0.2) is 4.39 Å². The highest BCUT2D eigenvalue weighted by atomic mass is 79.9. The monoisotopic (exact) mass is 414 g/mol. The van der Waals surface area contributed by atoms with Crippen molar-refractivity contribution in [3.05, 3.63) is 63.4 Å². The number of alkyl halides is 1. The second-order valence-corrected chi connectivity index (χ2v) is 6.67. The van der Waals surface area contributed by atoms with E-state index >= 15 is 0 Å². The Morgan fingerprint density at radius 1 is 1.19 bits per heavy atom. The minimum absolute atomic E-state index is 0.0228. The van der Waals surface area contributed by atoms with Crippen molar-refractivity contribution in [2.75, 3.05) is 6.61 Å². The lowest BCUT2D eigenvalue weighted by atomic mass is 10.0. The van der Waals surface area contributed by atoms with E-state index in [9.17, 15) is 4.39 Å². The number of hydrogen-bond acceptors (Lipinski definition) is 1. The van der Waals surface area contributed by atoms with Crippen LogP contribution in [0, 0.1) is 12.7 Å². The van der Waals surface area contributed by atoms with Crippen LogP contribution in [0.5, 0.6) is 5.75 Å². The van der Waals surface area contributed by atoms with E-state index in [2.05, 4.69) is 38.8 Å². The quantitative estimate of drug-likeness (QED) is 0.530. The summed E-state index contributed by atoms with van der Waals surface area (Å²) in [6, 6.07) is 10.9. The van der Waals surface area contributed by atoms with Gasteiger partial charge in [-0.1, -0.05) is 35.0 Å². The molecule has 0 bridgehead atoms. The Hall–Kier alpha value is -0.870. The van der Waals surface area contributed by atoms with Crippen molar-refractivity contribution >= 4 is 31.9 Å². The van der Waals surface area contributed by atoms with Crippen molar-refractivity contribution in [1.82, 2.24) is 0 Å². The normalized spacial score (nSPS) is 12.2. The molecule has 0 saturated carbocycles. The van der Waals surface area contributed by atoms with E-state index in [4.69, 9.17) is 4.74 Å². The molecule has 2 aromatic rings. The van der Waals surface area contributed by atoms with Gasteiger partial charge in [-0.15, -0.1) is 0 Å². The molecule has 0 fully saturated rings. The Bertz CT molecular complexity index is 628. The summed E-state index contributed by atoms with van der Waals surface area (Å²) in [6.07, 6.45) is 0.976. The molecule has 0 amide bonds. The molecule has 0 aliphatic heterocycles. The molecule has 1 unspecified atom stereocenters. The third-order valence-electron chi connectivity index (χ3n) is 3.22. The van der Waals surface area contributed by atoms with Crippen LogP contribution in [0.3, 0.4) is 0 Å². The number of hydrogen-bond donors (Lipinski definition) is 0. The first-order valence-corrected chi connectivity index (χ1v) is 8.56. The number of ether oxygens (including phenoxy) is 1. The highest BCUT2D eigenvalue weighted by Gasteiger charge is 2.15. The van der Waals surface area contributed by atoms with Crippen LogP contribution < -0.4 is 4.74 Å². The molecule has 0 heterocycles. The molecule has 112 valence electrons. The van der Waals surface area contributed by atoms with Gasteiger partial charge >= 0.3 is 0 Å². The summed E-state index contributed by atoms with van der Waals surface area (Å²) in [7, 11) is 0. The minimum atomic E-state index is -0.208. The SMILES string of the molecule is CCCOc1ccc(C(Br)c2ccc(F)cc2C)cc1Br. The molecule has 1 atom stereocenters. The maximum absolute atomic E-state index is 13.2. The Labute approximate surface area is 141 Å². The fourth-order valence-electron chi connectivity index (χ4n) is 2.11. The van der Waals surface area contributed by atoms with Crippen LogP contribution in [0.4, 0.5) is 4.39 Å². The second kappa shape index (κ2) is 7.41. The molecule has 0 radical (unpaired) electrons. The average molecular weight is 416 g/mol. The van der Waals surface area contributed by atoms with E-state index < -0.39 is 0 Å². The van der Waals surface area contributed by atoms with Crippen LogP contribution in [0.15, 0.2) is 40.9 Å². The van der Waals surface area contributed by atoms with Gasteiger partial charge in [0.15, 0.2) is 0 Å². The van der Waals surface area contributed by atoms with Gasteiger partial charge in [0.1, 0.15) is 11.6 Å². The van der Waals surface area contributed by atoms with Crippen molar-refractivity contribution in [2.45, 2.75) is 25.1 Å². The molecule has 4 heteroatoms. The molecule has 0 aliphatic carbocycles. The molecule has 2 aromatic carbocycles. The molecular weight excluding hydrogens is 399 g/mol. The van der Waals surface area contributed by atoms with Crippen LogP contribution in [-0.4, -0.2) is 6.61 Å². The maximum atomic E-state index is 13.2. The fraction of sp³-hybridized carbons (Fsp3) is 0.294. The largest absolute Gasteiger partial charge is 0.492 e. The molecule has 2 rings (SSSR count). The topological polar surface area (TPSA) is 9.23 Å². The van der Waals surface area contributed by atoms with Gasteiger partial charge in [0.05, 0.1) is 15.9 Å². The maximum Gasteiger partial charge on any atom is 0.133 e. The lowest BCUT2D eigenvalue weighted by Gasteiger charge is -2.15. The van der Waals surface area contributed by atoms with Gasteiger partial charge in [-0.2, -0.15) is 0 Å². The smallest absolute Gasteiger partial charge is 0.133 e. The van der Waals surface area contributed by atoms with E-state index in [1.165, 1.54) is 6.07 Å². The van der Waals surface area contributed by atoms with Crippen molar-refractivity contribution in [3.63, 3.8) is 0 Å². The number of halogens is 3. The zero-order valence-electron chi connectivity index (χ0n) is 12.0. The summed E-state index contributed by atoms with van der Waals surface area (Å²) in [5.74, 6) is 0.636. The molecule has 1 nitrogen and oxygen atoms in total. The zero-order chi connectivity index (χ0) is 15.4. The van der Waals surface area contributed by atoms with E-state index in [0.29, 0.717) is 6.61 Å². The summed E-state index contributed by atoms with van der Waals surface area (Å²) in [5.41, 5.74) is 3.09. The van der Waals surface area contributed by atoms with Gasteiger partial charge in [0, 0.05) is 0 Å². The molecule has 0 spiro atoms. The Kier molecular flexibility index (Phi) is 5.82. The van der Waals surface area contributed by atoms with Gasteiger partial charge in [-0.05, 0) is 70.2 Å². The van der Waals surface area contributed by atoms with Crippen LogP contribution in [0.1, 0.15) is 34.9 Å². The van der Waals surface area contributed by atoms with Gasteiger partial charge in [0.25, 0.3) is 0 Å². The summed E-state index contributed by atoms with van der Waals surface area (Å²) in [4.78, 5) is 0.0228. The molecule has 21 heavy (non-hydrogen) atoms. The third kappa shape index (κ3) is 4.07. The van der Waals surface area contributed by atoms with E-state index in [-0.39, 0.29) is 10.6 Å². The molecular formula is C17H17Br2FO. The lowest BCUT2D eigenvalue weighted by Crippen LogP contribution is -1.99. The summed E-state index contributed by atoms with van der Waals surface area (Å²) >= 11 is 7.24.